The zero-order chi connectivity index (χ0) is 11.7. The first-order valence-corrected chi connectivity index (χ1v) is 6.16. The third-order valence-corrected chi connectivity index (χ3v) is 3.85. The Morgan fingerprint density at radius 2 is 2.25 bits per heavy atom. The fourth-order valence-electron chi connectivity index (χ4n) is 1.50. The van der Waals surface area contributed by atoms with Crippen LogP contribution in [-0.2, 0) is 0 Å². The molecular formula is C11H8BrN3S. The molecule has 80 valence electrons. The van der Waals surface area contributed by atoms with Crippen molar-refractivity contribution in [3.8, 4) is 17.3 Å². The topological polar surface area (TPSA) is 62.7 Å². The summed E-state index contributed by atoms with van der Waals surface area (Å²) in [6.45, 7) is 1.91. The van der Waals surface area contributed by atoms with Crippen LogP contribution in [0.15, 0.2) is 22.0 Å². The van der Waals surface area contributed by atoms with Crippen LogP contribution in [0.2, 0.25) is 0 Å². The lowest BCUT2D eigenvalue weighted by Gasteiger charge is -2.04. The number of nitrogens with two attached hydrogens (primary N) is 1. The molecule has 2 N–H and O–H groups in total. The van der Waals surface area contributed by atoms with Crippen LogP contribution in [0, 0.1) is 18.3 Å². The molecule has 0 fully saturated rings. The number of nitrogens with zero attached hydrogens (tertiary/aromatic N) is 2. The number of halogens is 1. The van der Waals surface area contributed by atoms with E-state index in [4.69, 9.17) is 11.0 Å². The first kappa shape index (κ1) is 11.1. The van der Waals surface area contributed by atoms with Crippen molar-refractivity contribution in [1.29, 1.82) is 5.26 Å². The summed E-state index contributed by atoms with van der Waals surface area (Å²) in [5.41, 5.74) is 8.99. The van der Waals surface area contributed by atoms with Gasteiger partial charge in [-0.2, -0.15) is 5.26 Å². The number of rotatable bonds is 1. The van der Waals surface area contributed by atoms with Gasteiger partial charge in [-0.25, -0.2) is 4.98 Å². The highest BCUT2D eigenvalue weighted by molar-refractivity contribution is 9.11. The zero-order valence-corrected chi connectivity index (χ0v) is 10.9. The summed E-state index contributed by atoms with van der Waals surface area (Å²) < 4.78 is 0.892. The minimum absolute atomic E-state index is 0.517. The Kier molecular flexibility index (Phi) is 2.95. The molecule has 0 saturated heterocycles. The molecule has 0 aliphatic rings. The quantitative estimate of drug-likeness (QED) is 0.877. The SMILES string of the molecule is Cc1c(C#N)cccc1-c1nc(N)sc1Br. The maximum absolute atomic E-state index is 8.96. The van der Waals surface area contributed by atoms with E-state index in [0.717, 1.165) is 20.6 Å². The van der Waals surface area contributed by atoms with Crippen molar-refractivity contribution in [3.63, 3.8) is 0 Å². The van der Waals surface area contributed by atoms with Gasteiger partial charge in [0.15, 0.2) is 5.13 Å². The molecule has 2 aromatic rings. The number of benzene rings is 1. The second-order valence-corrected chi connectivity index (χ2v) is 5.61. The molecule has 1 heterocycles. The molecule has 0 radical (unpaired) electrons. The predicted molar refractivity (Wildman–Crippen MR) is 69.1 cm³/mol. The molecule has 5 heteroatoms. The van der Waals surface area contributed by atoms with Crippen molar-refractivity contribution in [1.82, 2.24) is 4.98 Å². The molecule has 3 nitrogen and oxygen atoms in total. The molecule has 0 amide bonds. The van der Waals surface area contributed by atoms with E-state index >= 15 is 0 Å². The molecule has 0 unspecified atom stereocenters. The van der Waals surface area contributed by atoms with Crippen LogP contribution >= 0.6 is 27.3 Å². The molecule has 0 spiro atoms. The van der Waals surface area contributed by atoms with Gasteiger partial charge < -0.3 is 5.73 Å². The fraction of sp³-hybridized carbons (Fsp3) is 0.0909. The lowest BCUT2D eigenvalue weighted by atomic mass is 10.0. The number of hydrogen-bond donors (Lipinski definition) is 1. The second-order valence-electron chi connectivity index (χ2n) is 3.26. The maximum Gasteiger partial charge on any atom is 0.181 e. The summed E-state index contributed by atoms with van der Waals surface area (Å²) >= 11 is 4.81. The van der Waals surface area contributed by atoms with Crippen molar-refractivity contribution in [2.45, 2.75) is 6.92 Å². The summed E-state index contributed by atoms with van der Waals surface area (Å²) in [6.07, 6.45) is 0. The summed E-state index contributed by atoms with van der Waals surface area (Å²) in [6, 6.07) is 7.74. The van der Waals surface area contributed by atoms with Crippen molar-refractivity contribution in [3.05, 3.63) is 33.1 Å². The van der Waals surface area contributed by atoms with Crippen molar-refractivity contribution >= 4 is 32.4 Å². The van der Waals surface area contributed by atoms with Gasteiger partial charge in [0, 0.05) is 5.56 Å². The van der Waals surface area contributed by atoms with Gasteiger partial charge in [0.05, 0.1) is 21.1 Å². The van der Waals surface area contributed by atoms with E-state index in [1.54, 1.807) is 6.07 Å². The maximum atomic E-state index is 8.96. The van der Waals surface area contributed by atoms with Crippen LogP contribution in [0.1, 0.15) is 11.1 Å². The van der Waals surface area contributed by atoms with E-state index in [1.165, 1.54) is 11.3 Å². The smallest absolute Gasteiger partial charge is 0.181 e. The monoisotopic (exact) mass is 293 g/mol. The number of aromatic nitrogens is 1. The molecule has 16 heavy (non-hydrogen) atoms. The molecule has 0 aliphatic heterocycles. The number of thiazole rings is 1. The molecular weight excluding hydrogens is 286 g/mol. The second kappa shape index (κ2) is 4.24. The average molecular weight is 294 g/mol. The first-order chi connectivity index (χ1) is 7.63. The van der Waals surface area contributed by atoms with E-state index in [1.807, 2.05) is 19.1 Å². The minimum atomic E-state index is 0.517. The Balaban J connectivity index is 2.66. The summed E-state index contributed by atoms with van der Waals surface area (Å²) in [5.74, 6) is 0. The van der Waals surface area contributed by atoms with E-state index in [9.17, 15) is 0 Å². The lowest BCUT2D eigenvalue weighted by Crippen LogP contribution is -1.89. The Morgan fingerprint density at radius 1 is 1.50 bits per heavy atom. The minimum Gasteiger partial charge on any atom is -0.375 e. The van der Waals surface area contributed by atoms with Crippen molar-refractivity contribution in [2.75, 3.05) is 5.73 Å². The molecule has 1 aromatic heterocycles. The van der Waals surface area contributed by atoms with Crippen LogP contribution in [0.25, 0.3) is 11.3 Å². The first-order valence-electron chi connectivity index (χ1n) is 4.55. The average Bonchev–Trinajstić information content (AvgIpc) is 2.58. The van der Waals surface area contributed by atoms with Crippen LogP contribution in [0.5, 0.6) is 0 Å². The Labute approximate surface area is 106 Å². The van der Waals surface area contributed by atoms with Gasteiger partial charge in [-0.05, 0) is 34.5 Å². The van der Waals surface area contributed by atoms with E-state index in [0.29, 0.717) is 10.7 Å². The molecule has 2 rings (SSSR count). The van der Waals surface area contributed by atoms with Gasteiger partial charge in [-0.15, -0.1) is 0 Å². The standard InChI is InChI=1S/C11H8BrN3S/c1-6-7(5-13)3-2-4-8(6)9-10(12)16-11(14)15-9/h2-4H,1H3,(H2,14,15). The summed E-state index contributed by atoms with van der Waals surface area (Å²) in [7, 11) is 0. The molecule has 0 atom stereocenters. The fourth-order valence-corrected chi connectivity index (χ4v) is 2.87. The highest BCUT2D eigenvalue weighted by Crippen LogP contribution is 2.36. The Morgan fingerprint density at radius 3 is 2.81 bits per heavy atom. The van der Waals surface area contributed by atoms with Crippen LogP contribution in [0.4, 0.5) is 5.13 Å². The summed E-state index contributed by atoms with van der Waals surface area (Å²) in [5, 5.41) is 9.48. The lowest BCUT2D eigenvalue weighted by molar-refractivity contribution is 1.34. The molecule has 0 bridgehead atoms. The van der Waals surface area contributed by atoms with E-state index in [2.05, 4.69) is 27.0 Å². The van der Waals surface area contributed by atoms with Crippen LogP contribution < -0.4 is 5.73 Å². The van der Waals surface area contributed by atoms with Crippen LogP contribution in [0.3, 0.4) is 0 Å². The van der Waals surface area contributed by atoms with Gasteiger partial charge >= 0.3 is 0 Å². The van der Waals surface area contributed by atoms with Crippen molar-refractivity contribution < 1.29 is 0 Å². The third kappa shape index (κ3) is 1.82. The number of hydrogen-bond acceptors (Lipinski definition) is 4. The zero-order valence-electron chi connectivity index (χ0n) is 8.49. The Bertz CT molecular complexity index is 583. The van der Waals surface area contributed by atoms with Crippen LogP contribution in [-0.4, -0.2) is 4.98 Å². The number of nitrogen functional groups attached to an aromatic ring is 1. The number of anilines is 1. The molecule has 0 saturated carbocycles. The molecule has 1 aromatic carbocycles. The van der Waals surface area contributed by atoms with Gasteiger partial charge in [-0.1, -0.05) is 23.5 Å². The predicted octanol–water partition coefficient (Wildman–Crippen LogP) is 3.33. The largest absolute Gasteiger partial charge is 0.375 e. The Hall–Kier alpha value is -1.38. The summed E-state index contributed by atoms with van der Waals surface area (Å²) in [4.78, 5) is 4.26. The normalized spacial score (nSPS) is 10.1. The van der Waals surface area contributed by atoms with Gasteiger partial charge in [0.1, 0.15) is 0 Å². The van der Waals surface area contributed by atoms with Gasteiger partial charge in [0.25, 0.3) is 0 Å². The van der Waals surface area contributed by atoms with Gasteiger partial charge in [0.2, 0.25) is 0 Å². The third-order valence-electron chi connectivity index (χ3n) is 2.31. The van der Waals surface area contributed by atoms with Gasteiger partial charge in [-0.3, -0.25) is 0 Å². The van der Waals surface area contributed by atoms with E-state index in [-0.39, 0.29) is 0 Å². The highest BCUT2D eigenvalue weighted by Gasteiger charge is 2.13. The van der Waals surface area contributed by atoms with Crippen molar-refractivity contribution in [2.24, 2.45) is 0 Å². The number of nitriles is 1. The highest BCUT2D eigenvalue weighted by atomic mass is 79.9. The molecule has 0 aliphatic carbocycles. The van der Waals surface area contributed by atoms with E-state index < -0.39 is 0 Å².